The van der Waals surface area contributed by atoms with Crippen molar-refractivity contribution in [1.29, 1.82) is 0 Å². The first-order valence-corrected chi connectivity index (χ1v) is 8.15. The maximum Gasteiger partial charge on any atom is 0.222 e. The van der Waals surface area contributed by atoms with E-state index in [1.54, 1.807) is 11.8 Å². The number of anilines is 2. The van der Waals surface area contributed by atoms with E-state index in [-0.39, 0.29) is 12.1 Å². The van der Waals surface area contributed by atoms with Gasteiger partial charge in [0.15, 0.2) is 5.82 Å². The minimum Gasteiger partial charge on any atom is -0.392 e. The second-order valence-electron chi connectivity index (χ2n) is 5.14. The summed E-state index contributed by atoms with van der Waals surface area (Å²) in [5.41, 5.74) is 13.9. The van der Waals surface area contributed by atoms with Gasteiger partial charge in [0, 0.05) is 24.8 Å². The molecule has 7 nitrogen and oxygen atoms in total. The number of H-pyrrole nitrogens is 1. The number of nitrogen functional groups attached to an aromatic ring is 2. The molecule has 0 saturated carbocycles. The van der Waals surface area contributed by atoms with Crippen LogP contribution in [0.25, 0.3) is 11.0 Å². The predicted molar refractivity (Wildman–Crippen MR) is 88.1 cm³/mol. The average Bonchev–Trinajstić information content (AvgIpc) is 2.79. The van der Waals surface area contributed by atoms with Crippen molar-refractivity contribution in [2.75, 3.05) is 37.1 Å². The molecular formula is C13H22N6OS. The first-order valence-electron chi connectivity index (χ1n) is 6.75. The van der Waals surface area contributed by atoms with Crippen molar-refractivity contribution in [2.24, 2.45) is 0 Å². The molecule has 116 valence electrons. The van der Waals surface area contributed by atoms with Gasteiger partial charge in [0.25, 0.3) is 0 Å². The number of rotatable bonds is 7. The Labute approximate surface area is 128 Å². The summed E-state index contributed by atoms with van der Waals surface area (Å²) in [5, 5.41) is 9.95. The molecule has 0 radical (unpaired) electrons. The van der Waals surface area contributed by atoms with E-state index in [4.69, 9.17) is 11.5 Å². The minimum absolute atomic E-state index is 0.170. The molecule has 0 aliphatic heterocycles. The molecule has 0 spiro atoms. The summed E-state index contributed by atoms with van der Waals surface area (Å²) in [7, 11) is 1.97. The van der Waals surface area contributed by atoms with Crippen LogP contribution in [0.1, 0.15) is 12.0 Å². The van der Waals surface area contributed by atoms with Crippen molar-refractivity contribution < 1.29 is 5.11 Å². The topological polar surface area (TPSA) is 117 Å². The number of thioether (sulfide) groups is 1. The van der Waals surface area contributed by atoms with Crippen LogP contribution in [0.3, 0.4) is 0 Å². The van der Waals surface area contributed by atoms with Crippen molar-refractivity contribution >= 4 is 34.6 Å². The molecule has 0 aliphatic rings. The number of hydrogen-bond donors (Lipinski definition) is 4. The number of aliphatic hydroxyl groups is 1. The molecule has 2 heterocycles. The second kappa shape index (κ2) is 6.97. The summed E-state index contributed by atoms with van der Waals surface area (Å²) < 4.78 is 0. The monoisotopic (exact) mass is 310 g/mol. The molecule has 0 amide bonds. The molecule has 1 unspecified atom stereocenters. The van der Waals surface area contributed by atoms with Gasteiger partial charge in [0.05, 0.1) is 6.10 Å². The van der Waals surface area contributed by atoms with Crippen LogP contribution >= 0.6 is 11.8 Å². The highest BCUT2D eigenvalue weighted by atomic mass is 32.2. The summed E-state index contributed by atoms with van der Waals surface area (Å²) in [6.45, 7) is 1.27. The number of nitrogens with one attached hydrogen (secondary N) is 1. The molecular weight excluding hydrogens is 288 g/mol. The Morgan fingerprint density at radius 3 is 2.90 bits per heavy atom. The zero-order valence-electron chi connectivity index (χ0n) is 12.3. The number of hydrogen-bond acceptors (Lipinski definition) is 7. The van der Waals surface area contributed by atoms with E-state index >= 15 is 0 Å². The van der Waals surface area contributed by atoms with Gasteiger partial charge in [-0.2, -0.15) is 16.7 Å². The number of fused-ring (bicyclic) bond motifs is 1. The standard InChI is InChI=1S/C13H22N6OS/c1-19(7-9(20)3-4-21-2)6-8-5-16-11-10(8)17-13(15)18-12(11)14/h5,9,16,20H,3-4,6-7H2,1-2H3,(H4,14,15,17,18). The van der Waals surface area contributed by atoms with Gasteiger partial charge in [-0.3, -0.25) is 4.90 Å². The number of aromatic amines is 1. The Balaban J connectivity index is 2.06. The predicted octanol–water partition coefficient (Wildman–Crippen LogP) is 0.668. The minimum atomic E-state index is -0.322. The van der Waals surface area contributed by atoms with Crippen LogP contribution < -0.4 is 11.5 Å². The van der Waals surface area contributed by atoms with Crippen molar-refractivity contribution in [3.05, 3.63) is 11.8 Å². The lowest BCUT2D eigenvalue weighted by Gasteiger charge is -2.19. The van der Waals surface area contributed by atoms with Crippen LogP contribution in [0.5, 0.6) is 0 Å². The lowest BCUT2D eigenvalue weighted by atomic mass is 10.2. The van der Waals surface area contributed by atoms with Gasteiger partial charge < -0.3 is 21.6 Å². The Morgan fingerprint density at radius 2 is 2.19 bits per heavy atom. The number of nitrogens with two attached hydrogens (primary N) is 2. The molecule has 0 saturated heterocycles. The van der Waals surface area contributed by atoms with Crippen LogP contribution in [-0.2, 0) is 6.54 Å². The van der Waals surface area contributed by atoms with Gasteiger partial charge in [0.1, 0.15) is 11.0 Å². The van der Waals surface area contributed by atoms with E-state index in [0.717, 1.165) is 23.3 Å². The van der Waals surface area contributed by atoms with Crippen molar-refractivity contribution in [2.45, 2.75) is 19.1 Å². The van der Waals surface area contributed by atoms with Gasteiger partial charge in [-0.05, 0) is 25.5 Å². The normalized spacial score (nSPS) is 13.1. The SMILES string of the molecule is CSCCC(O)CN(C)Cc1c[nH]c2c(N)nc(N)nc12. The molecule has 0 bridgehead atoms. The molecule has 0 aromatic carbocycles. The summed E-state index contributed by atoms with van der Waals surface area (Å²) in [4.78, 5) is 13.3. The smallest absolute Gasteiger partial charge is 0.222 e. The van der Waals surface area contributed by atoms with E-state index in [0.29, 0.717) is 24.4 Å². The third-order valence-electron chi connectivity index (χ3n) is 3.27. The quantitative estimate of drug-likeness (QED) is 0.593. The van der Waals surface area contributed by atoms with E-state index in [1.165, 1.54) is 0 Å². The second-order valence-corrected chi connectivity index (χ2v) is 6.12. The summed E-state index contributed by atoms with van der Waals surface area (Å²) in [6, 6.07) is 0. The number of aliphatic hydroxyl groups excluding tert-OH is 1. The molecule has 0 aliphatic carbocycles. The molecule has 2 rings (SSSR count). The number of likely N-dealkylation sites (N-methyl/N-ethyl adjacent to an activating group) is 1. The van der Waals surface area contributed by atoms with Crippen molar-refractivity contribution in [3.63, 3.8) is 0 Å². The molecule has 0 fully saturated rings. The Hall–Kier alpha value is -1.51. The fourth-order valence-electron chi connectivity index (χ4n) is 2.28. The fraction of sp³-hybridized carbons (Fsp3) is 0.538. The average molecular weight is 310 g/mol. The van der Waals surface area contributed by atoms with E-state index in [2.05, 4.69) is 19.9 Å². The zero-order chi connectivity index (χ0) is 15.4. The van der Waals surface area contributed by atoms with Crippen molar-refractivity contribution in [3.8, 4) is 0 Å². The summed E-state index contributed by atoms with van der Waals surface area (Å²) in [5.74, 6) is 1.48. The van der Waals surface area contributed by atoms with Crippen LogP contribution in [-0.4, -0.2) is 56.7 Å². The molecule has 21 heavy (non-hydrogen) atoms. The van der Waals surface area contributed by atoms with Gasteiger partial charge in [-0.15, -0.1) is 0 Å². The largest absolute Gasteiger partial charge is 0.392 e. The van der Waals surface area contributed by atoms with Gasteiger partial charge in [0.2, 0.25) is 5.95 Å². The van der Waals surface area contributed by atoms with Gasteiger partial charge in [-0.1, -0.05) is 0 Å². The number of nitrogens with zero attached hydrogens (tertiary/aromatic N) is 3. The fourth-order valence-corrected chi connectivity index (χ4v) is 2.79. The first kappa shape index (κ1) is 15.9. The van der Waals surface area contributed by atoms with E-state index < -0.39 is 0 Å². The van der Waals surface area contributed by atoms with Crippen LogP contribution in [0, 0.1) is 0 Å². The van der Waals surface area contributed by atoms with Gasteiger partial charge >= 0.3 is 0 Å². The zero-order valence-corrected chi connectivity index (χ0v) is 13.2. The van der Waals surface area contributed by atoms with Crippen LogP contribution in [0.15, 0.2) is 6.20 Å². The lowest BCUT2D eigenvalue weighted by molar-refractivity contribution is 0.120. The highest BCUT2D eigenvalue weighted by molar-refractivity contribution is 7.98. The third kappa shape index (κ3) is 3.99. The molecule has 1 atom stereocenters. The Kier molecular flexibility index (Phi) is 5.27. The van der Waals surface area contributed by atoms with E-state index in [1.807, 2.05) is 19.5 Å². The molecule has 6 N–H and O–H groups in total. The third-order valence-corrected chi connectivity index (χ3v) is 3.91. The lowest BCUT2D eigenvalue weighted by Crippen LogP contribution is -2.29. The molecule has 8 heteroatoms. The van der Waals surface area contributed by atoms with Crippen LogP contribution in [0.2, 0.25) is 0 Å². The number of aromatic nitrogens is 3. The van der Waals surface area contributed by atoms with Gasteiger partial charge in [-0.25, -0.2) is 4.98 Å². The van der Waals surface area contributed by atoms with E-state index in [9.17, 15) is 5.11 Å². The van der Waals surface area contributed by atoms with Crippen LogP contribution in [0.4, 0.5) is 11.8 Å². The highest BCUT2D eigenvalue weighted by Crippen LogP contribution is 2.22. The summed E-state index contributed by atoms with van der Waals surface area (Å²) in [6.07, 6.45) is 4.37. The Morgan fingerprint density at radius 1 is 1.43 bits per heavy atom. The molecule has 2 aromatic rings. The maximum absolute atomic E-state index is 9.95. The van der Waals surface area contributed by atoms with Crippen molar-refractivity contribution in [1.82, 2.24) is 19.9 Å². The Bertz CT molecular complexity index is 602. The first-order chi connectivity index (χ1) is 10.0. The highest BCUT2D eigenvalue weighted by Gasteiger charge is 2.14. The summed E-state index contributed by atoms with van der Waals surface area (Å²) >= 11 is 1.74. The maximum atomic E-state index is 9.95. The molecule has 2 aromatic heterocycles.